The first-order valence-electron chi connectivity index (χ1n) is 7.39. The summed E-state index contributed by atoms with van der Waals surface area (Å²) in [6, 6.07) is 0. The van der Waals surface area contributed by atoms with E-state index in [0.29, 0.717) is 0 Å². The Hall–Kier alpha value is -0.300. The third-order valence-corrected chi connectivity index (χ3v) is 3.15. The topological polar surface area (TPSA) is 12.0 Å². The second-order valence-electron chi connectivity index (χ2n) is 6.09. The molecule has 1 N–H and O–H groups in total. The first-order valence-corrected chi connectivity index (χ1v) is 7.39. The van der Waals surface area contributed by atoms with Crippen LogP contribution in [-0.2, 0) is 0 Å². The molecule has 0 fully saturated rings. The highest BCUT2D eigenvalue weighted by atomic mass is 14.9. The molecule has 1 heteroatoms. The molecule has 0 aliphatic heterocycles. The lowest BCUT2D eigenvalue weighted by atomic mass is 9.95. The molecule has 0 saturated carbocycles. The van der Waals surface area contributed by atoms with Gasteiger partial charge >= 0.3 is 0 Å². The molecule has 0 aromatic heterocycles. The van der Waals surface area contributed by atoms with E-state index in [-0.39, 0.29) is 5.54 Å². The van der Waals surface area contributed by atoms with Crippen molar-refractivity contribution < 1.29 is 0 Å². The van der Waals surface area contributed by atoms with Crippen molar-refractivity contribution in [3.8, 4) is 0 Å². The molecule has 0 aliphatic rings. The molecular weight excluding hydrogens is 206 g/mol. The van der Waals surface area contributed by atoms with Crippen molar-refractivity contribution in [2.75, 3.05) is 6.54 Å². The predicted octanol–water partition coefficient (Wildman–Crippen LogP) is 4.93. The molecule has 0 aromatic rings. The third kappa shape index (κ3) is 12.0. The summed E-state index contributed by atoms with van der Waals surface area (Å²) in [5.41, 5.74) is 0.251. The Morgan fingerprint density at radius 1 is 1.12 bits per heavy atom. The minimum Gasteiger partial charge on any atom is -0.312 e. The SMILES string of the molecule is CCCCC(CC)CC=CCCNC(C)(C)C. The van der Waals surface area contributed by atoms with Gasteiger partial charge in [0.1, 0.15) is 0 Å². The van der Waals surface area contributed by atoms with Crippen LogP contribution < -0.4 is 5.32 Å². The summed E-state index contributed by atoms with van der Waals surface area (Å²) < 4.78 is 0. The number of unbranched alkanes of at least 4 members (excludes halogenated alkanes) is 1. The molecule has 1 atom stereocenters. The predicted molar refractivity (Wildman–Crippen MR) is 79.4 cm³/mol. The van der Waals surface area contributed by atoms with E-state index in [4.69, 9.17) is 0 Å². The summed E-state index contributed by atoms with van der Waals surface area (Å²) in [5, 5.41) is 3.51. The van der Waals surface area contributed by atoms with Crippen LogP contribution >= 0.6 is 0 Å². The molecule has 1 unspecified atom stereocenters. The van der Waals surface area contributed by atoms with Gasteiger partial charge < -0.3 is 5.32 Å². The Morgan fingerprint density at radius 2 is 1.82 bits per heavy atom. The molecule has 17 heavy (non-hydrogen) atoms. The van der Waals surface area contributed by atoms with Crippen molar-refractivity contribution in [3.05, 3.63) is 12.2 Å². The molecule has 102 valence electrons. The van der Waals surface area contributed by atoms with Crippen molar-refractivity contribution in [2.45, 2.75) is 78.7 Å². The fourth-order valence-corrected chi connectivity index (χ4v) is 1.92. The maximum absolute atomic E-state index is 3.51. The van der Waals surface area contributed by atoms with Gasteiger partial charge in [0.05, 0.1) is 0 Å². The van der Waals surface area contributed by atoms with Crippen LogP contribution in [0.4, 0.5) is 0 Å². The van der Waals surface area contributed by atoms with E-state index < -0.39 is 0 Å². The third-order valence-electron chi connectivity index (χ3n) is 3.15. The van der Waals surface area contributed by atoms with Gasteiger partial charge in [-0.15, -0.1) is 0 Å². The quantitative estimate of drug-likeness (QED) is 0.444. The Morgan fingerprint density at radius 3 is 2.35 bits per heavy atom. The van der Waals surface area contributed by atoms with Gasteiger partial charge in [-0.2, -0.15) is 0 Å². The second kappa shape index (κ2) is 9.70. The molecule has 0 aliphatic carbocycles. The summed E-state index contributed by atoms with van der Waals surface area (Å²) in [4.78, 5) is 0. The molecule has 0 aromatic carbocycles. The fraction of sp³-hybridized carbons (Fsp3) is 0.875. The lowest BCUT2D eigenvalue weighted by Gasteiger charge is -2.19. The van der Waals surface area contributed by atoms with Gasteiger partial charge in [-0.05, 0) is 46.1 Å². The Labute approximate surface area is 109 Å². The zero-order chi connectivity index (χ0) is 13.1. The standard InChI is InChI=1S/C16H33N/c1-6-8-12-15(7-2)13-10-9-11-14-17-16(3,4)5/h9-10,15,17H,6-8,11-14H2,1-5H3. The van der Waals surface area contributed by atoms with Crippen LogP contribution in [0.15, 0.2) is 12.2 Å². The molecule has 0 bridgehead atoms. The van der Waals surface area contributed by atoms with Crippen molar-refractivity contribution in [2.24, 2.45) is 5.92 Å². The molecule has 0 rings (SSSR count). The van der Waals surface area contributed by atoms with Crippen LogP contribution in [0.1, 0.15) is 73.1 Å². The fourth-order valence-electron chi connectivity index (χ4n) is 1.92. The van der Waals surface area contributed by atoms with E-state index in [1.165, 1.54) is 32.1 Å². The van der Waals surface area contributed by atoms with E-state index in [1.807, 2.05) is 0 Å². The summed E-state index contributed by atoms with van der Waals surface area (Å²) in [5.74, 6) is 0.904. The van der Waals surface area contributed by atoms with Crippen molar-refractivity contribution in [3.63, 3.8) is 0 Å². The molecule has 0 radical (unpaired) electrons. The van der Waals surface area contributed by atoms with E-state index in [0.717, 1.165) is 18.9 Å². The molecule has 0 amide bonds. The summed E-state index contributed by atoms with van der Waals surface area (Å²) in [7, 11) is 0. The van der Waals surface area contributed by atoms with Crippen LogP contribution in [0.3, 0.4) is 0 Å². The van der Waals surface area contributed by atoms with Crippen molar-refractivity contribution in [1.82, 2.24) is 5.32 Å². The lowest BCUT2D eigenvalue weighted by molar-refractivity contribution is 0.430. The number of nitrogens with one attached hydrogen (secondary N) is 1. The van der Waals surface area contributed by atoms with E-state index in [1.54, 1.807) is 0 Å². The maximum Gasteiger partial charge on any atom is 0.00966 e. The van der Waals surface area contributed by atoms with Crippen LogP contribution in [-0.4, -0.2) is 12.1 Å². The van der Waals surface area contributed by atoms with Gasteiger partial charge in [-0.1, -0.05) is 51.7 Å². The van der Waals surface area contributed by atoms with Gasteiger partial charge in [0, 0.05) is 5.54 Å². The van der Waals surface area contributed by atoms with Crippen molar-refractivity contribution >= 4 is 0 Å². The Kier molecular flexibility index (Phi) is 9.53. The molecular formula is C16H33N. The smallest absolute Gasteiger partial charge is 0.00966 e. The summed E-state index contributed by atoms with van der Waals surface area (Å²) in [6.45, 7) is 12.3. The van der Waals surface area contributed by atoms with E-state index in [9.17, 15) is 0 Å². The van der Waals surface area contributed by atoms with Crippen LogP contribution in [0, 0.1) is 5.92 Å². The van der Waals surface area contributed by atoms with Gasteiger partial charge in [0.15, 0.2) is 0 Å². The number of hydrogen-bond acceptors (Lipinski definition) is 1. The zero-order valence-corrected chi connectivity index (χ0v) is 12.7. The summed E-state index contributed by atoms with van der Waals surface area (Å²) in [6.07, 6.45) is 12.6. The molecule has 0 heterocycles. The second-order valence-corrected chi connectivity index (χ2v) is 6.09. The minimum absolute atomic E-state index is 0.251. The highest BCUT2D eigenvalue weighted by Crippen LogP contribution is 2.16. The molecule has 0 spiro atoms. The average molecular weight is 239 g/mol. The van der Waals surface area contributed by atoms with Gasteiger partial charge in [-0.25, -0.2) is 0 Å². The molecule has 0 saturated heterocycles. The Balaban J connectivity index is 3.57. The molecule has 1 nitrogen and oxygen atoms in total. The van der Waals surface area contributed by atoms with Crippen LogP contribution in [0.5, 0.6) is 0 Å². The van der Waals surface area contributed by atoms with Crippen LogP contribution in [0.25, 0.3) is 0 Å². The number of allylic oxidation sites excluding steroid dienone is 1. The van der Waals surface area contributed by atoms with E-state index >= 15 is 0 Å². The number of hydrogen-bond donors (Lipinski definition) is 1. The highest BCUT2D eigenvalue weighted by molar-refractivity contribution is 4.85. The van der Waals surface area contributed by atoms with Gasteiger partial charge in [0.2, 0.25) is 0 Å². The van der Waals surface area contributed by atoms with E-state index in [2.05, 4.69) is 52.1 Å². The first-order chi connectivity index (χ1) is 7.99. The monoisotopic (exact) mass is 239 g/mol. The lowest BCUT2D eigenvalue weighted by Crippen LogP contribution is -2.36. The van der Waals surface area contributed by atoms with Crippen LogP contribution in [0.2, 0.25) is 0 Å². The first kappa shape index (κ1) is 16.7. The minimum atomic E-state index is 0.251. The highest BCUT2D eigenvalue weighted by Gasteiger charge is 2.06. The normalized spacial score (nSPS) is 14.4. The van der Waals surface area contributed by atoms with Gasteiger partial charge in [-0.3, -0.25) is 0 Å². The zero-order valence-electron chi connectivity index (χ0n) is 12.7. The van der Waals surface area contributed by atoms with Crippen molar-refractivity contribution in [1.29, 1.82) is 0 Å². The number of rotatable bonds is 9. The Bertz CT molecular complexity index is 188. The van der Waals surface area contributed by atoms with Gasteiger partial charge in [0.25, 0.3) is 0 Å². The maximum atomic E-state index is 3.51. The largest absolute Gasteiger partial charge is 0.312 e. The summed E-state index contributed by atoms with van der Waals surface area (Å²) >= 11 is 0. The average Bonchev–Trinajstić information content (AvgIpc) is 2.25.